The normalized spacial score (nSPS) is 18.4. The van der Waals surface area contributed by atoms with Gasteiger partial charge in [-0.15, -0.1) is 0 Å². The molecular formula is C39H43ClN8O2. The first-order valence-electron chi connectivity index (χ1n) is 17.6. The lowest BCUT2D eigenvalue weighted by Crippen LogP contribution is -2.59. The zero-order valence-corrected chi connectivity index (χ0v) is 30.0. The van der Waals surface area contributed by atoms with E-state index in [1.54, 1.807) is 11.2 Å². The number of nitrogens with zero attached hydrogens (tertiary/aromatic N) is 8. The molecule has 0 bridgehead atoms. The van der Waals surface area contributed by atoms with E-state index >= 15 is 0 Å². The van der Waals surface area contributed by atoms with Crippen molar-refractivity contribution >= 4 is 39.8 Å². The van der Waals surface area contributed by atoms with Crippen LogP contribution in [-0.2, 0) is 16.8 Å². The fourth-order valence-corrected chi connectivity index (χ4v) is 8.66. The molecule has 1 atom stereocenters. The summed E-state index contributed by atoms with van der Waals surface area (Å²) in [6, 6.07) is 14.2. The number of carbonyl (C=O) groups is 1. The van der Waals surface area contributed by atoms with Gasteiger partial charge in [-0.25, -0.2) is 14.8 Å². The molecule has 4 heterocycles. The maximum atomic E-state index is 14.9. The number of hydrogen-bond acceptors (Lipinski definition) is 8. The smallest absolute Gasteiger partial charge is 0.354 e. The molecule has 1 amide bonds. The molecule has 10 nitrogen and oxygen atoms in total. The standard InChI is InChI=1S/C39H43ClN8O2/c1-6-31(49)46-21-20-45(22-27(46)14-18-41)37-28-15-19-47(30-13-8-11-26-10-7-12-29(40)32(26)30)39(16-9-17-39)36(28)48(38(50)44-37)35-33(24(2)3)42-23-43-34(35)25(4)5/h6-8,10-13,23-25,27H,1,9,14-17,19-22H2,2-5H3/t27-/m0/s1. The molecule has 11 heteroatoms. The van der Waals surface area contributed by atoms with Crippen LogP contribution in [0.4, 0.5) is 11.5 Å². The van der Waals surface area contributed by atoms with Gasteiger partial charge in [-0.2, -0.15) is 10.2 Å². The monoisotopic (exact) mass is 690 g/mol. The predicted molar refractivity (Wildman–Crippen MR) is 197 cm³/mol. The Labute approximate surface area is 298 Å². The van der Waals surface area contributed by atoms with Gasteiger partial charge in [-0.1, -0.05) is 70.1 Å². The number of nitriles is 1. The molecule has 1 saturated heterocycles. The van der Waals surface area contributed by atoms with Crippen LogP contribution in [0.3, 0.4) is 0 Å². The molecule has 1 aliphatic carbocycles. The Kier molecular flexibility index (Phi) is 8.89. The topological polar surface area (TPSA) is 111 Å². The van der Waals surface area contributed by atoms with Crippen molar-refractivity contribution in [2.24, 2.45) is 0 Å². The second-order valence-electron chi connectivity index (χ2n) is 14.3. The lowest BCUT2D eigenvalue weighted by Gasteiger charge is -2.56. The quantitative estimate of drug-likeness (QED) is 0.199. The van der Waals surface area contributed by atoms with Crippen LogP contribution in [0.15, 0.2) is 60.2 Å². The molecule has 7 rings (SSSR count). The Morgan fingerprint density at radius 3 is 2.40 bits per heavy atom. The first-order chi connectivity index (χ1) is 24.1. The van der Waals surface area contributed by atoms with E-state index < -0.39 is 5.54 Å². The van der Waals surface area contributed by atoms with E-state index in [0.717, 1.165) is 64.1 Å². The van der Waals surface area contributed by atoms with Gasteiger partial charge < -0.3 is 14.7 Å². The SMILES string of the molecule is C=CC(=O)N1CCN(c2nc(=O)n(-c3c(C(C)C)ncnc3C(C)C)c3c2CCN(c2cccc4cccc(Cl)c24)C32CCC2)C[C@@H]1CC#N. The number of halogens is 1. The first-order valence-corrected chi connectivity index (χ1v) is 18.0. The molecule has 1 saturated carbocycles. The van der Waals surface area contributed by atoms with Gasteiger partial charge in [0, 0.05) is 42.8 Å². The van der Waals surface area contributed by atoms with Crippen molar-refractivity contribution in [2.75, 3.05) is 36.0 Å². The summed E-state index contributed by atoms with van der Waals surface area (Å²) in [6.07, 6.45) is 6.43. The van der Waals surface area contributed by atoms with Crippen LogP contribution in [0.25, 0.3) is 16.5 Å². The van der Waals surface area contributed by atoms with Crippen molar-refractivity contribution in [3.63, 3.8) is 0 Å². The van der Waals surface area contributed by atoms with Crippen molar-refractivity contribution in [1.82, 2.24) is 24.4 Å². The minimum Gasteiger partial charge on any atom is -0.359 e. The highest BCUT2D eigenvalue weighted by Crippen LogP contribution is 2.54. The average Bonchev–Trinajstić information content (AvgIpc) is 3.09. The molecular weight excluding hydrogens is 648 g/mol. The summed E-state index contributed by atoms with van der Waals surface area (Å²) in [6.45, 7) is 14.1. The van der Waals surface area contributed by atoms with E-state index in [1.165, 1.54) is 6.08 Å². The van der Waals surface area contributed by atoms with Crippen LogP contribution < -0.4 is 15.5 Å². The summed E-state index contributed by atoms with van der Waals surface area (Å²) in [4.78, 5) is 48.4. The summed E-state index contributed by atoms with van der Waals surface area (Å²) >= 11 is 6.94. The molecule has 2 fully saturated rings. The predicted octanol–water partition coefficient (Wildman–Crippen LogP) is 6.63. The minimum absolute atomic E-state index is 0.0313. The maximum Gasteiger partial charge on any atom is 0.354 e. The molecule has 2 aromatic heterocycles. The molecule has 3 aliphatic rings. The average molecular weight is 691 g/mol. The van der Waals surface area contributed by atoms with Crippen molar-refractivity contribution in [2.45, 2.75) is 83.2 Å². The summed E-state index contributed by atoms with van der Waals surface area (Å²) < 4.78 is 1.85. The van der Waals surface area contributed by atoms with E-state index in [2.05, 4.69) is 74.4 Å². The summed E-state index contributed by atoms with van der Waals surface area (Å²) in [7, 11) is 0. The Hall–Kier alpha value is -4.75. The number of aromatic nitrogens is 4. The van der Waals surface area contributed by atoms with Gasteiger partial charge >= 0.3 is 5.69 Å². The van der Waals surface area contributed by atoms with Crippen LogP contribution in [0.2, 0.25) is 5.02 Å². The molecule has 2 aliphatic heterocycles. The highest BCUT2D eigenvalue weighted by Gasteiger charge is 2.52. The highest BCUT2D eigenvalue weighted by atomic mass is 35.5. The number of rotatable bonds is 7. The van der Waals surface area contributed by atoms with Crippen molar-refractivity contribution < 1.29 is 4.79 Å². The Balaban J connectivity index is 1.50. The zero-order valence-electron chi connectivity index (χ0n) is 29.2. The third kappa shape index (κ3) is 5.34. The number of piperazine rings is 1. The van der Waals surface area contributed by atoms with E-state index in [1.807, 2.05) is 16.7 Å². The van der Waals surface area contributed by atoms with Crippen LogP contribution >= 0.6 is 11.6 Å². The Bertz CT molecular complexity index is 2060. The van der Waals surface area contributed by atoms with E-state index in [9.17, 15) is 14.9 Å². The van der Waals surface area contributed by atoms with E-state index in [4.69, 9.17) is 26.6 Å². The summed E-state index contributed by atoms with van der Waals surface area (Å²) in [5, 5.41) is 12.5. The van der Waals surface area contributed by atoms with Crippen LogP contribution in [0.1, 0.15) is 87.9 Å². The lowest BCUT2D eigenvalue weighted by molar-refractivity contribution is -0.128. The second-order valence-corrected chi connectivity index (χ2v) is 14.7. The number of carbonyl (C=O) groups excluding carboxylic acids is 1. The number of benzene rings is 2. The lowest BCUT2D eigenvalue weighted by atomic mass is 9.68. The molecule has 1 spiro atoms. The van der Waals surface area contributed by atoms with Crippen molar-refractivity contribution in [3.05, 3.63) is 93.5 Å². The third-order valence-electron chi connectivity index (χ3n) is 10.8. The molecule has 0 radical (unpaired) electrons. The highest BCUT2D eigenvalue weighted by molar-refractivity contribution is 6.36. The maximum absolute atomic E-state index is 14.9. The molecule has 2 aromatic carbocycles. The molecule has 258 valence electrons. The van der Waals surface area contributed by atoms with Gasteiger partial charge in [0.1, 0.15) is 12.1 Å². The van der Waals surface area contributed by atoms with Crippen molar-refractivity contribution in [1.29, 1.82) is 5.26 Å². The Morgan fingerprint density at radius 2 is 1.78 bits per heavy atom. The van der Waals surface area contributed by atoms with Crippen LogP contribution in [0, 0.1) is 11.3 Å². The third-order valence-corrected chi connectivity index (χ3v) is 11.1. The van der Waals surface area contributed by atoms with Gasteiger partial charge in [0.25, 0.3) is 0 Å². The fourth-order valence-electron chi connectivity index (χ4n) is 8.38. The Morgan fingerprint density at radius 1 is 1.08 bits per heavy atom. The van der Waals surface area contributed by atoms with E-state index in [-0.39, 0.29) is 35.9 Å². The van der Waals surface area contributed by atoms with Gasteiger partial charge in [-0.3, -0.25) is 9.36 Å². The largest absolute Gasteiger partial charge is 0.359 e. The number of fused-ring (bicyclic) bond motifs is 3. The number of anilines is 2. The second kappa shape index (κ2) is 13.2. The first kappa shape index (κ1) is 33.7. The van der Waals surface area contributed by atoms with Gasteiger partial charge in [0.15, 0.2) is 0 Å². The van der Waals surface area contributed by atoms with E-state index in [0.29, 0.717) is 43.4 Å². The summed E-state index contributed by atoms with van der Waals surface area (Å²) in [5.74, 6) is 0.512. The van der Waals surface area contributed by atoms with Gasteiger partial charge in [0.05, 0.1) is 51.9 Å². The number of amides is 1. The zero-order chi connectivity index (χ0) is 35.3. The van der Waals surface area contributed by atoms with Gasteiger partial charge in [-0.05, 0) is 61.1 Å². The minimum atomic E-state index is -0.511. The van der Waals surface area contributed by atoms with Crippen LogP contribution in [0.5, 0.6) is 0 Å². The summed E-state index contributed by atoms with van der Waals surface area (Å²) in [5.41, 5.74) is 4.49. The van der Waals surface area contributed by atoms with Gasteiger partial charge in [0.2, 0.25) is 5.91 Å². The number of hydrogen-bond donors (Lipinski definition) is 0. The van der Waals surface area contributed by atoms with Crippen molar-refractivity contribution in [3.8, 4) is 11.8 Å². The molecule has 4 aromatic rings. The molecule has 0 N–H and O–H groups in total. The molecule has 0 unspecified atom stereocenters. The molecule has 50 heavy (non-hydrogen) atoms. The fraction of sp³-hybridized carbons (Fsp3) is 0.436. The van der Waals surface area contributed by atoms with Crippen LogP contribution in [-0.4, -0.2) is 62.5 Å².